The first-order chi connectivity index (χ1) is 9.33. The van der Waals surface area contributed by atoms with E-state index in [0.717, 1.165) is 25.0 Å². The first kappa shape index (κ1) is 12.4. The van der Waals surface area contributed by atoms with Crippen molar-refractivity contribution in [3.8, 4) is 0 Å². The molecule has 1 heterocycles. The molecule has 1 aromatic rings. The van der Waals surface area contributed by atoms with Crippen LogP contribution in [0, 0.1) is 0 Å². The number of hydrogen-bond acceptors (Lipinski definition) is 1. The highest BCUT2D eigenvalue weighted by Gasteiger charge is 2.12. The lowest BCUT2D eigenvalue weighted by Gasteiger charge is -2.15. The normalized spacial score (nSPS) is 21.5. The summed E-state index contributed by atoms with van der Waals surface area (Å²) in [6.45, 7) is 0. The van der Waals surface area contributed by atoms with Gasteiger partial charge in [-0.3, -0.25) is 0 Å². The number of allylic oxidation sites excluding steroid dienone is 8. The lowest BCUT2D eigenvalue weighted by atomic mass is 9.91. The molecule has 0 N–H and O–H groups in total. The molecule has 2 aliphatic rings. The van der Waals surface area contributed by atoms with Crippen molar-refractivity contribution in [2.75, 3.05) is 0 Å². The molecule has 0 saturated carbocycles. The van der Waals surface area contributed by atoms with Crippen LogP contribution >= 0.6 is 11.6 Å². The topological polar surface area (TPSA) is 12.9 Å². The van der Waals surface area contributed by atoms with Gasteiger partial charge in [0.05, 0.1) is 5.69 Å². The molecule has 0 aliphatic heterocycles. The molecule has 0 spiro atoms. The van der Waals surface area contributed by atoms with Crippen molar-refractivity contribution in [2.24, 2.45) is 0 Å². The minimum atomic E-state index is 0.414. The van der Waals surface area contributed by atoms with Crippen LogP contribution < -0.4 is 0 Å². The fourth-order valence-corrected chi connectivity index (χ4v) is 2.73. The fourth-order valence-electron chi connectivity index (χ4n) is 2.51. The van der Waals surface area contributed by atoms with E-state index in [2.05, 4.69) is 53.6 Å². The van der Waals surface area contributed by atoms with Gasteiger partial charge in [-0.2, -0.15) is 0 Å². The Morgan fingerprint density at radius 2 is 2.05 bits per heavy atom. The van der Waals surface area contributed by atoms with Gasteiger partial charge in [0.2, 0.25) is 0 Å². The number of nitrogens with zero attached hydrogens (tertiary/aromatic N) is 1. The fraction of sp³-hybridized carbons (Fsp3) is 0.235. The Balaban J connectivity index is 1.96. The molecule has 0 fully saturated rings. The van der Waals surface area contributed by atoms with Gasteiger partial charge in [-0.05, 0) is 42.5 Å². The number of aromatic nitrogens is 1. The van der Waals surface area contributed by atoms with Gasteiger partial charge in [-0.25, -0.2) is 4.98 Å². The van der Waals surface area contributed by atoms with Crippen molar-refractivity contribution in [2.45, 2.75) is 25.2 Å². The molecule has 0 saturated heterocycles. The van der Waals surface area contributed by atoms with E-state index in [9.17, 15) is 0 Å². The van der Waals surface area contributed by atoms with Crippen LogP contribution in [-0.2, 0) is 0 Å². The monoisotopic (exact) mass is 269 g/mol. The molecular formula is C17H16ClN. The molecule has 1 unspecified atom stereocenters. The van der Waals surface area contributed by atoms with E-state index in [0.29, 0.717) is 11.1 Å². The van der Waals surface area contributed by atoms with Crippen molar-refractivity contribution in [1.29, 1.82) is 0 Å². The second-order valence-corrected chi connectivity index (χ2v) is 5.29. The van der Waals surface area contributed by atoms with Gasteiger partial charge < -0.3 is 0 Å². The van der Waals surface area contributed by atoms with Gasteiger partial charge in [0.25, 0.3) is 0 Å². The van der Waals surface area contributed by atoms with Crippen molar-refractivity contribution in [1.82, 2.24) is 4.98 Å². The zero-order valence-electron chi connectivity index (χ0n) is 10.7. The van der Waals surface area contributed by atoms with Gasteiger partial charge in [-0.1, -0.05) is 54.1 Å². The van der Waals surface area contributed by atoms with E-state index in [-0.39, 0.29) is 0 Å². The first-order valence-corrected chi connectivity index (χ1v) is 7.08. The standard InChI is InChI=1S/C17H16ClN/c18-17-12-15(13-7-3-1-4-8-13)11-16(19-17)14-9-5-2-6-10-14/h1,3-5,7,9-13H,2,6,8H2. The molecule has 0 radical (unpaired) electrons. The van der Waals surface area contributed by atoms with Crippen LogP contribution in [0.5, 0.6) is 0 Å². The van der Waals surface area contributed by atoms with Gasteiger partial charge in [0.15, 0.2) is 0 Å². The number of pyridine rings is 1. The van der Waals surface area contributed by atoms with Crippen molar-refractivity contribution >= 4 is 17.2 Å². The quantitative estimate of drug-likeness (QED) is 0.683. The van der Waals surface area contributed by atoms with E-state index < -0.39 is 0 Å². The Labute approximate surface area is 119 Å². The Morgan fingerprint density at radius 3 is 2.79 bits per heavy atom. The molecule has 96 valence electrons. The zero-order valence-corrected chi connectivity index (χ0v) is 11.5. The molecular weight excluding hydrogens is 254 g/mol. The molecule has 1 nitrogen and oxygen atoms in total. The summed E-state index contributed by atoms with van der Waals surface area (Å²) in [5.74, 6) is 0.414. The van der Waals surface area contributed by atoms with E-state index in [1.165, 1.54) is 11.1 Å². The Hall–Kier alpha value is -1.60. The number of halogens is 1. The summed E-state index contributed by atoms with van der Waals surface area (Å²) in [6.07, 6.45) is 18.4. The van der Waals surface area contributed by atoms with Crippen LogP contribution in [0.1, 0.15) is 36.4 Å². The SMILES string of the molecule is Clc1cc(C2C=CC=CC2)cc(C2=CCCC=C2)n1. The third-order valence-electron chi connectivity index (χ3n) is 3.52. The van der Waals surface area contributed by atoms with Crippen molar-refractivity contribution < 1.29 is 0 Å². The maximum absolute atomic E-state index is 6.18. The summed E-state index contributed by atoms with van der Waals surface area (Å²) in [4.78, 5) is 4.46. The number of rotatable bonds is 2. The van der Waals surface area contributed by atoms with E-state index in [4.69, 9.17) is 11.6 Å². The lowest BCUT2D eigenvalue weighted by Crippen LogP contribution is -2.00. The molecule has 19 heavy (non-hydrogen) atoms. The Kier molecular flexibility index (Phi) is 3.65. The van der Waals surface area contributed by atoms with Crippen LogP contribution in [0.25, 0.3) is 5.57 Å². The highest BCUT2D eigenvalue weighted by atomic mass is 35.5. The minimum Gasteiger partial charge on any atom is -0.236 e. The average molecular weight is 270 g/mol. The molecule has 0 amide bonds. The van der Waals surface area contributed by atoms with Crippen molar-refractivity contribution in [3.63, 3.8) is 0 Å². The van der Waals surface area contributed by atoms with E-state index in [1.54, 1.807) is 0 Å². The van der Waals surface area contributed by atoms with Crippen LogP contribution in [-0.4, -0.2) is 4.98 Å². The van der Waals surface area contributed by atoms with Gasteiger partial charge in [-0.15, -0.1) is 0 Å². The Bertz CT molecular complexity index is 593. The summed E-state index contributed by atoms with van der Waals surface area (Å²) >= 11 is 6.18. The maximum Gasteiger partial charge on any atom is 0.130 e. The summed E-state index contributed by atoms with van der Waals surface area (Å²) in [5.41, 5.74) is 3.42. The summed E-state index contributed by atoms with van der Waals surface area (Å²) < 4.78 is 0. The largest absolute Gasteiger partial charge is 0.236 e. The van der Waals surface area contributed by atoms with Crippen molar-refractivity contribution in [3.05, 3.63) is 71.1 Å². The highest BCUT2D eigenvalue weighted by molar-refractivity contribution is 6.29. The summed E-state index contributed by atoms with van der Waals surface area (Å²) in [5, 5.41) is 0.579. The molecule has 2 aliphatic carbocycles. The predicted molar refractivity (Wildman–Crippen MR) is 81.2 cm³/mol. The highest BCUT2D eigenvalue weighted by Crippen LogP contribution is 2.29. The molecule has 1 aromatic heterocycles. The minimum absolute atomic E-state index is 0.414. The third-order valence-corrected chi connectivity index (χ3v) is 3.71. The predicted octanol–water partition coefficient (Wildman–Crippen LogP) is 5.07. The first-order valence-electron chi connectivity index (χ1n) is 6.71. The summed E-state index contributed by atoms with van der Waals surface area (Å²) in [6, 6.07) is 4.15. The van der Waals surface area contributed by atoms with Gasteiger partial charge in [0, 0.05) is 5.92 Å². The van der Waals surface area contributed by atoms with Crippen LogP contribution in [0.4, 0.5) is 0 Å². The van der Waals surface area contributed by atoms with Gasteiger partial charge >= 0.3 is 0 Å². The van der Waals surface area contributed by atoms with Crippen LogP contribution in [0.2, 0.25) is 5.15 Å². The van der Waals surface area contributed by atoms with E-state index >= 15 is 0 Å². The molecule has 3 rings (SSSR count). The van der Waals surface area contributed by atoms with Gasteiger partial charge in [0.1, 0.15) is 5.15 Å². The zero-order chi connectivity index (χ0) is 13.1. The molecule has 0 bridgehead atoms. The molecule has 2 heteroatoms. The maximum atomic E-state index is 6.18. The average Bonchev–Trinajstić information content (AvgIpc) is 2.48. The van der Waals surface area contributed by atoms with Crippen LogP contribution in [0.3, 0.4) is 0 Å². The molecule has 1 atom stereocenters. The summed E-state index contributed by atoms with van der Waals surface area (Å²) in [7, 11) is 0. The lowest BCUT2D eigenvalue weighted by molar-refractivity contribution is 0.849. The second-order valence-electron chi connectivity index (χ2n) is 4.90. The molecule has 0 aromatic carbocycles. The second kappa shape index (κ2) is 5.58. The number of hydrogen-bond donors (Lipinski definition) is 0. The third kappa shape index (κ3) is 2.87. The van der Waals surface area contributed by atoms with Crippen LogP contribution in [0.15, 0.2) is 54.7 Å². The smallest absolute Gasteiger partial charge is 0.130 e. The Morgan fingerprint density at radius 1 is 1.11 bits per heavy atom. The van der Waals surface area contributed by atoms with E-state index in [1.807, 2.05) is 6.07 Å².